The minimum Gasteiger partial charge on any atom is -0.495 e. The van der Waals surface area contributed by atoms with Gasteiger partial charge >= 0.3 is 0 Å². The number of para-hydroxylation sites is 2. The first-order chi connectivity index (χ1) is 12.9. The number of unbranched alkanes of at least 4 members (excludes halogenated alkanes) is 1. The van der Waals surface area contributed by atoms with Crippen molar-refractivity contribution in [2.24, 2.45) is 5.73 Å². The van der Waals surface area contributed by atoms with Gasteiger partial charge in [-0.1, -0.05) is 12.1 Å². The molecule has 0 bridgehead atoms. The second-order valence-electron chi connectivity index (χ2n) is 5.92. The highest BCUT2D eigenvalue weighted by Crippen LogP contribution is 2.30. The molecule has 0 heterocycles. The molecule has 0 fully saturated rings. The summed E-state index contributed by atoms with van der Waals surface area (Å²) in [5.74, 6) is 0.214. The molecule has 0 spiro atoms. The average molecular weight is 391 g/mol. The molecule has 2 rings (SSSR count). The van der Waals surface area contributed by atoms with Crippen LogP contribution in [-0.2, 0) is 10.0 Å². The van der Waals surface area contributed by atoms with Crippen LogP contribution in [0.2, 0.25) is 0 Å². The van der Waals surface area contributed by atoms with Crippen LogP contribution in [0.5, 0.6) is 5.75 Å². The summed E-state index contributed by atoms with van der Waals surface area (Å²) in [5.41, 5.74) is 6.25. The predicted molar refractivity (Wildman–Crippen MR) is 106 cm³/mol. The van der Waals surface area contributed by atoms with Crippen LogP contribution in [0.25, 0.3) is 0 Å². The van der Waals surface area contributed by atoms with Gasteiger partial charge in [-0.05, 0) is 55.8 Å². The van der Waals surface area contributed by atoms with E-state index in [1.165, 1.54) is 38.4 Å². The first-order valence-electron chi connectivity index (χ1n) is 8.62. The number of amides is 1. The molecule has 0 unspecified atom stereocenters. The van der Waals surface area contributed by atoms with Gasteiger partial charge in [0.1, 0.15) is 5.75 Å². The fraction of sp³-hybridized carbons (Fsp3) is 0.316. The summed E-state index contributed by atoms with van der Waals surface area (Å²) < 4.78 is 32.2. The average Bonchev–Trinajstić information content (AvgIpc) is 2.70. The highest BCUT2D eigenvalue weighted by Gasteiger charge is 2.23. The number of nitrogens with zero attached hydrogens (tertiary/aromatic N) is 1. The molecule has 0 saturated heterocycles. The summed E-state index contributed by atoms with van der Waals surface area (Å²) in [6.07, 6.45) is 1.64. The molecular formula is C19H25N3O4S. The first kappa shape index (κ1) is 20.7. The Morgan fingerprint density at radius 2 is 1.78 bits per heavy atom. The highest BCUT2D eigenvalue weighted by molar-refractivity contribution is 7.92. The number of carbonyl (C=O) groups is 1. The molecule has 2 aromatic carbocycles. The third kappa shape index (κ3) is 4.99. The maximum Gasteiger partial charge on any atom is 0.264 e. The Labute approximate surface area is 160 Å². The van der Waals surface area contributed by atoms with Crippen molar-refractivity contribution in [1.82, 2.24) is 5.32 Å². The van der Waals surface area contributed by atoms with Gasteiger partial charge in [-0.15, -0.1) is 0 Å². The molecule has 7 nitrogen and oxygen atoms in total. The van der Waals surface area contributed by atoms with Crippen LogP contribution in [0.1, 0.15) is 23.2 Å². The molecule has 1 amide bonds. The molecule has 146 valence electrons. The number of sulfonamides is 1. The zero-order valence-corrected chi connectivity index (χ0v) is 16.3. The Balaban J connectivity index is 2.16. The molecule has 27 heavy (non-hydrogen) atoms. The summed E-state index contributed by atoms with van der Waals surface area (Å²) in [6.45, 7) is 1.12. The van der Waals surface area contributed by atoms with Crippen LogP contribution in [0.3, 0.4) is 0 Å². The summed E-state index contributed by atoms with van der Waals surface area (Å²) in [4.78, 5) is 12.2. The Kier molecular flexibility index (Phi) is 7.20. The van der Waals surface area contributed by atoms with E-state index in [-0.39, 0.29) is 10.8 Å². The number of methoxy groups -OCH3 is 1. The van der Waals surface area contributed by atoms with Gasteiger partial charge in [-0.25, -0.2) is 8.42 Å². The minimum absolute atomic E-state index is 0.0931. The Bertz CT molecular complexity index is 867. The van der Waals surface area contributed by atoms with Crippen molar-refractivity contribution in [1.29, 1.82) is 0 Å². The summed E-state index contributed by atoms with van der Waals surface area (Å²) in [5, 5.41) is 2.78. The highest BCUT2D eigenvalue weighted by atomic mass is 32.2. The zero-order chi connectivity index (χ0) is 19.9. The van der Waals surface area contributed by atoms with Crippen molar-refractivity contribution in [3.8, 4) is 5.75 Å². The number of nitrogens with one attached hydrogen (secondary N) is 1. The van der Waals surface area contributed by atoms with Gasteiger partial charge in [-0.2, -0.15) is 0 Å². The van der Waals surface area contributed by atoms with Crippen LogP contribution < -0.4 is 20.1 Å². The fourth-order valence-corrected chi connectivity index (χ4v) is 3.74. The standard InChI is InChI=1S/C19H25N3O4S/c1-22(17-7-3-4-8-18(17)26-2)27(24,25)16-11-9-15(10-12-16)19(23)21-14-6-5-13-20/h3-4,7-12H,5-6,13-14,20H2,1-2H3,(H,21,23). The van der Waals surface area contributed by atoms with Crippen LogP contribution in [0.4, 0.5) is 5.69 Å². The minimum atomic E-state index is -3.78. The van der Waals surface area contributed by atoms with Crippen molar-refractivity contribution in [2.75, 3.05) is 31.6 Å². The smallest absolute Gasteiger partial charge is 0.264 e. The molecule has 0 aliphatic heterocycles. The van der Waals surface area contributed by atoms with Gasteiger partial charge in [0.05, 0.1) is 17.7 Å². The largest absolute Gasteiger partial charge is 0.495 e. The number of rotatable bonds is 9. The summed E-state index contributed by atoms with van der Waals surface area (Å²) in [7, 11) is -0.834. The molecule has 8 heteroatoms. The lowest BCUT2D eigenvalue weighted by Gasteiger charge is -2.21. The Hall–Kier alpha value is -2.58. The van der Waals surface area contributed by atoms with E-state index in [2.05, 4.69) is 5.32 Å². The maximum atomic E-state index is 12.9. The number of nitrogens with two attached hydrogens (primary N) is 1. The van der Waals surface area contributed by atoms with Crippen molar-refractivity contribution in [3.05, 3.63) is 54.1 Å². The quantitative estimate of drug-likeness (QED) is 0.637. The van der Waals surface area contributed by atoms with E-state index in [9.17, 15) is 13.2 Å². The number of carbonyl (C=O) groups excluding carboxylic acids is 1. The molecule has 0 aliphatic carbocycles. The van der Waals surface area contributed by atoms with Crippen LogP contribution >= 0.6 is 0 Å². The van der Waals surface area contributed by atoms with E-state index in [0.717, 1.165) is 17.1 Å². The third-order valence-electron chi connectivity index (χ3n) is 4.12. The van der Waals surface area contributed by atoms with E-state index in [1.54, 1.807) is 24.3 Å². The SMILES string of the molecule is COc1ccccc1N(C)S(=O)(=O)c1ccc(C(=O)NCCCCN)cc1. The number of ether oxygens (including phenoxy) is 1. The van der Waals surface area contributed by atoms with Crippen LogP contribution in [0, 0.1) is 0 Å². The van der Waals surface area contributed by atoms with Gasteiger partial charge in [0, 0.05) is 19.2 Å². The summed E-state index contributed by atoms with van der Waals surface area (Å²) in [6, 6.07) is 12.7. The molecule has 0 radical (unpaired) electrons. The molecule has 0 atom stereocenters. The van der Waals surface area contributed by atoms with E-state index >= 15 is 0 Å². The van der Waals surface area contributed by atoms with E-state index in [4.69, 9.17) is 10.5 Å². The molecule has 0 saturated carbocycles. The number of anilines is 1. The van der Waals surface area contributed by atoms with Gasteiger partial charge < -0.3 is 15.8 Å². The normalized spacial score (nSPS) is 11.1. The fourth-order valence-electron chi connectivity index (χ4n) is 2.53. The molecule has 2 aromatic rings. The van der Waals surface area contributed by atoms with Crippen LogP contribution in [-0.4, -0.2) is 41.6 Å². The Morgan fingerprint density at radius 3 is 2.41 bits per heavy atom. The number of hydrogen-bond donors (Lipinski definition) is 2. The lowest BCUT2D eigenvalue weighted by Crippen LogP contribution is -2.27. The zero-order valence-electron chi connectivity index (χ0n) is 15.5. The summed E-state index contributed by atoms with van der Waals surface area (Å²) >= 11 is 0. The van der Waals surface area contributed by atoms with Gasteiger partial charge in [0.25, 0.3) is 15.9 Å². The van der Waals surface area contributed by atoms with E-state index < -0.39 is 10.0 Å². The van der Waals surface area contributed by atoms with E-state index in [0.29, 0.717) is 30.1 Å². The molecule has 0 aliphatic rings. The van der Waals surface area contributed by atoms with Gasteiger partial charge in [-0.3, -0.25) is 9.10 Å². The third-order valence-corrected chi connectivity index (χ3v) is 5.90. The second kappa shape index (κ2) is 9.38. The topological polar surface area (TPSA) is 102 Å². The first-order valence-corrected chi connectivity index (χ1v) is 10.1. The molecular weight excluding hydrogens is 366 g/mol. The van der Waals surface area contributed by atoms with Crippen molar-refractivity contribution < 1.29 is 17.9 Å². The monoisotopic (exact) mass is 391 g/mol. The van der Waals surface area contributed by atoms with Crippen molar-refractivity contribution in [3.63, 3.8) is 0 Å². The Morgan fingerprint density at radius 1 is 1.11 bits per heavy atom. The molecule has 3 N–H and O–H groups in total. The maximum absolute atomic E-state index is 12.9. The predicted octanol–water partition coefficient (Wildman–Crippen LogP) is 1.99. The van der Waals surface area contributed by atoms with Crippen LogP contribution in [0.15, 0.2) is 53.4 Å². The van der Waals surface area contributed by atoms with Crippen molar-refractivity contribution >= 4 is 21.6 Å². The number of hydrogen-bond acceptors (Lipinski definition) is 5. The molecule has 0 aromatic heterocycles. The van der Waals surface area contributed by atoms with Gasteiger partial charge in [0.2, 0.25) is 0 Å². The number of benzene rings is 2. The lowest BCUT2D eigenvalue weighted by molar-refractivity contribution is 0.0953. The lowest BCUT2D eigenvalue weighted by atomic mass is 10.2. The van der Waals surface area contributed by atoms with Gasteiger partial charge in [0.15, 0.2) is 0 Å². The van der Waals surface area contributed by atoms with E-state index in [1.807, 2.05) is 0 Å². The van der Waals surface area contributed by atoms with Crippen molar-refractivity contribution in [2.45, 2.75) is 17.7 Å². The second-order valence-corrected chi connectivity index (χ2v) is 7.89.